The number of hydrogen-bond acceptors (Lipinski definition) is 5. The van der Waals surface area contributed by atoms with E-state index in [9.17, 15) is 9.59 Å². The van der Waals surface area contributed by atoms with Gasteiger partial charge in [0.1, 0.15) is 0 Å². The van der Waals surface area contributed by atoms with Crippen LogP contribution in [0, 0.1) is 19.8 Å². The molecule has 27 heavy (non-hydrogen) atoms. The second-order valence-electron chi connectivity index (χ2n) is 6.98. The first-order valence-corrected chi connectivity index (χ1v) is 9.16. The summed E-state index contributed by atoms with van der Waals surface area (Å²) >= 11 is 0. The maximum absolute atomic E-state index is 12.7. The number of hydrogen-bond donors (Lipinski definition) is 2. The Kier molecular flexibility index (Phi) is 5.69. The molecule has 3 rings (SSSR count). The summed E-state index contributed by atoms with van der Waals surface area (Å²) in [6.07, 6.45) is 1.77. The van der Waals surface area contributed by atoms with Gasteiger partial charge < -0.3 is 15.5 Å². The minimum Gasteiger partial charge on any atom is -0.340 e. The number of benzene rings is 1. The van der Waals surface area contributed by atoms with E-state index in [2.05, 4.69) is 25.5 Å². The predicted molar refractivity (Wildman–Crippen MR) is 106 cm³/mol. The molecule has 1 aliphatic heterocycles. The first-order valence-electron chi connectivity index (χ1n) is 9.16. The molecule has 2 heterocycles. The Morgan fingerprint density at radius 1 is 1.04 bits per heavy atom. The number of nitrogens with one attached hydrogen (secondary N) is 2. The minimum absolute atomic E-state index is 0.00338. The molecular formula is C20H25N5O2. The fourth-order valence-corrected chi connectivity index (χ4v) is 3.31. The van der Waals surface area contributed by atoms with Gasteiger partial charge in [-0.2, -0.15) is 0 Å². The number of aromatic nitrogens is 2. The van der Waals surface area contributed by atoms with E-state index < -0.39 is 0 Å². The number of aryl methyl sites for hydroxylation is 2. The Morgan fingerprint density at radius 2 is 1.63 bits per heavy atom. The molecule has 1 aromatic carbocycles. The first kappa shape index (κ1) is 18.8. The second kappa shape index (κ2) is 8.16. The Hall–Kier alpha value is -2.96. The zero-order chi connectivity index (χ0) is 19.4. The van der Waals surface area contributed by atoms with Crippen LogP contribution >= 0.6 is 0 Å². The molecule has 0 bridgehead atoms. The van der Waals surface area contributed by atoms with Crippen LogP contribution in [0.25, 0.3) is 0 Å². The van der Waals surface area contributed by atoms with Crippen molar-refractivity contribution in [1.29, 1.82) is 0 Å². The van der Waals surface area contributed by atoms with Gasteiger partial charge in [0.15, 0.2) is 0 Å². The minimum atomic E-state index is -0.123. The number of rotatable bonds is 4. The summed E-state index contributed by atoms with van der Waals surface area (Å²) in [6.45, 7) is 6.84. The maximum Gasteiger partial charge on any atom is 0.229 e. The van der Waals surface area contributed by atoms with Crippen LogP contribution in [0.15, 0.2) is 30.3 Å². The van der Waals surface area contributed by atoms with Gasteiger partial charge in [0, 0.05) is 42.8 Å². The zero-order valence-electron chi connectivity index (χ0n) is 16.0. The van der Waals surface area contributed by atoms with E-state index in [4.69, 9.17) is 0 Å². The number of anilines is 3. The highest BCUT2D eigenvalue weighted by Gasteiger charge is 2.27. The van der Waals surface area contributed by atoms with Crippen LogP contribution in [0.5, 0.6) is 0 Å². The molecule has 0 spiro atoms. The van der Waals surface area contributed by atoms with Gasteiger partial charge in [-0.3, -0.25) is 9.59 Å². The summed E-state index contributed by atoms with van der Waals surface area (Å²) in [5.74, 6) is 0.460. The van der Waals surface area contributed by atoms with Gasteiger partial charge in [-0.15, -0.1) is 0 Å². The summed E-state index contributed by atoms with van der Waals surface area (Å²) in [7, 11) is 0. The molecule has 0 aliphatic carbocycles. The van der Waals surface area contributed by atoms with Crippen molar-refractivity contribution in [2.24, 2.45) is 5.92 Å². The summed E-state index contributed by atoms with van der Waals surface area (Å²) in [6, 6.07) is 9.07. The quantitative estimate of drug-likeness (QED) is 0.868. The number of carbonyl (C=O) groups is 2. The van der Waals surface area contributed by atoms with Gasteiger partial charge in [-0.05, 0) is 57.0 Å². The van der Waals surface area contributed by atoms with Crippen LogP contribution in [0.4, 0.5) is 17.3 Å². The third-order valence-electron chi connectivity index (χ3n) is 4.52. The molecule has 1 atom stereocenters. The van der Waals surface area contributed by atoms with Crippen LogP contribution in [0.3, 0.4) is 0 Å². The van der Waals surface area contributed by atoms with Crippen LogP contribution in [0.2, 0.25) is 0 Å². The third kappa shape index (κ3) is 5.03. The van der Waals surface area contributed by atoms with Crippen LogP contribution in [-0.2, 0) is 9.59 Å². The molecule has 1 saturated heterocycles. The van der Waals surface area contributed by atoms with E-state index in [-0.39, 0.29) is 17.7 Å². The lowest BCUT2D eigenvalue weighted by Crippen LogP contribution is -2.41. The van der Waals surface area contributed by atoms with Gasteiger partial charge in [0.25, 0.3) is 0 Å². The summed E-state index contributed by atoms with van der Waals surface area (Å²) in [4.78, 5) is 34.9. The zero-order valence-corrected chi connectivity index (χ0v) is 16.0. The van der Waals surface area contributed by atoms with Gasteiger partial charge >= 0.3 is 0 Å². The van der Waals surface area contributed by atoms with Gasteiger partial charge in [-0.1, -0.05) is 0 Å². The van der Waals surface area contributed by atoms with Crippen molar-refractivity contribution in [3.8, 4) is 0 Å². The molecule has 7 heteroatoms. The molecule has 1 aliphatic rings. The van der Waals surface area contributed by atoms with Crippen molar-refractivity contribution in [3.05, 3.63) is 41.7 Å². The molecule has 142 valence electrons. The smallest absolute Gasteiger partial charge is 0.229 e. The highest BCUT2D eigenvalue weighted by Crippen LogP contribution is 2.23. The van der Waals surface area contributed by atoms with E-state index in [0.29, 0.717) is 23.9 Å². The molecule has 2 aromatic rings. The average Bonchev–Trinajstić information content (AvgIpc) is 2.62. The van der Waals surface area contributed by atoms with Crippen LogP contribution < -0.4 is 15.5 Å². The average molecular weight is 367 g/mol. The largest absolute Gasteiger partial charge is 0.340 e. The van der Waals surface area contributed by atoms with Crippen molar-refractivity contribution in [2.45, 2.75) is 33.6 Å². The highest BCUT2D eigenvalue weighted by atomic mass is 16.2. The second-order valence-corrected chi connectivity index (χ2v) is 6.98. The normalized spacial score (nSPS) is 16.7. The SMILES string of the molecule is CC(=O)Nc1ccc(NC(=O)[C@@H]2CCCN(c3nc(C)cc(C)n3)C2)cc1. The number of piperidine rings is 1. The van der Waals surface area contributed by atoms with Crippen LogP contribution in [-0.4, -0.2) is 34.9 Å². The highest BCUT2D eigenvalue weighted by molar-refractivity contribution is 5.94. The van der Waals surface area contributed by atoms with E-state index in [0.717, 1.165) is 30.8 Å². The number of nitrogens with zero attached hydrogens (tertiary/aromatic N) is 3. The molecule has 2 N–H and O–H groups in total. The lowest BCUT2D eigenvalue weighted by molar-refractivity contribution is -0.120. The Labute approximate surface area is 159 Å². The Morgan fingerprint density at radius 3 is 2.22 bits per heavy atom. The lowest BCUT2D eigenvalue weighted by atomic mass is 9.97. The summed E-state index contributed by atoms with van der Waals surface area (Å²) in [5.41, 5.74) is 3.29. The lowest BCUT2D eigenvalue weighted by Gasteiger charge is -2.32. The van der Waals surface area contributed by atoms with Crippen LogP contribution in [0.1, 0.15) is 31.2 Å². The fraction of sp³-hybridized carbons (Fsp3) is 0.400. The van der Waals surface area contributed by atoms with Gasteiger partial charge in [0.05, 0.1) is 5.92 Å². The molecule has 0 saturated carbocycles. The molecular weight excluding hydrogens is 342 g/mol. The van der Waals surface area contributed by atoms with Crippen molar-refractivity contribution in [1.82, 2.24) is 9.97 Å². The van der Waals surface area contributed by atoms with Crippen molar-refractivity contribution in [2.75, 3.05) is 28.6 Å². The number of carbonyl (C=O) groups excluding carboxylic acids is 2. The molecule has 1 aromatic heterocycles. The van der Waals surface area contributed by atoms with Crippen molar-refractivity contribution >= 4 is 29.1 Å². The van der Waals surface area contributed by atoms with E-state index >= 15 is 0 Å². The summed E-state index contributed by atoms with van der Waals surface area (Å²) < 4.78 is 0. The van der Waals surface area contributed by atoms with Crippen molar-refractivity contribution < 1.29 is 9.59 Å². The molecule has 0 radical (unpaired) electrons. The topological polar surface area (TPSA) is 87.2 Å². The standard InChI is InChI=1S/C20H25N5O2/c1-13-11-14(2)22-20(21-13)25-10-4-5-16(12-25)19(27)24-18-8-6-17(7-9-18)23-15(3)26/h6-9,11,16H,4-5,10,12H2,1-3H3,(H,23,26)(H,24,27)/t16-/m1/s1. The van der Waals surface area contributed by atoms with E-state index in [1.165, 1.54) is 6.92 Å². The Bertz CT molecular complexity index is 815. The third-order valence-corrected chi connectivity index (χ3v) is 4.52. The molecule has 0 unspecified atom stereocenters. The monoisotopic (exact) mass is 367 g/mol. The van der Waals surface area contributed by atoms with E-state index in [1.54, 1.807) is 24.3 Å². The maximum atomic E-state index is 12.7. The summed E-state index contributed by atoms with van der Waals surface area (Å²) in [5, 5.41) is 5.68. The van der Waals surface area contributed by atoms with Gasteiger partial charge in [0.2, 0.25) is 17.8 Å². The Balaban J connectivity index is 1.63. The van der Waals surface area contributed by atoms with E-state index in [1.807, 2.05) is 19.9 Å². The first-order chi connectivity index (χ1) is 12.9. The molecule has 7 nitrogen and oxygen atoms in total. The van der Waals surface area contributed by atoms with Gasteiger partial charge in [-0.25, -0.2) is 9.97 Å². The predicted octanol–water partition coefficient (Wildman–Crippen LogP) is 2.91. The number of amides is 2. The molecule has 2 amide bonds. The van der Waals surface area contributed by atoms with Crippen molar-refractivity contribution in [3.63, 3.8) is 0 Å². The fourth-order valence-electron chi connectivity index (χ4n) is 3.31. The molecule has 1 fully saturated rings.